The second kappa shape index (κ2) is 5.27. The van der Waals surface area contributed by atoms with Gasteiger partial charge in [0.1, 0.15) is 5.82 Å². The van der Waals surface area contributed by atoms with Crippen molar-refractivity contribution in [2.45, 2.75) is 25.4 Å². The molecule has 0 radical (unpaired) electrons. The number of aliphatic hydroxyl groups excluding tert-OH is 1. The number of aliphatic hydroxyl groups is 1. The summed E-state index contributed by atoms with van der Waals surface area (Å²) in [7, 11) is 0. The molecule has 0 spiro atoms. The van der Waals surface area contributed by atoms with Crippen LogP contribution >= 0.6 is 0 Å². The van der Waals surface area contributed by atoms with E-state index in [0.29, 0.717) is 18.0 Å². The summed E-state index contributed by atoms with van der Waals surface area (Å²) >= 11 is 0. The normalized spacial score (nSPS) is 23.6. The molecule has 2 unspecified atom stereocenters. The molecule has 1 amide bonds. The maximum atomic E-state index is 12.9. The summed E-state index contributed by atoms with van der Waals surface area (Å²) in [6.45, 7) is 0.548. The van der Waals surface area contributed by atoms with Crippen LogP contribution in [-0.4, -0.2) is 23.7 Å². The lowest BCUT2D eigenvalue weighted by Gasteiger charge is -2.10. The van der Waals surface area contributed by atoms with E-state index in [1.807, 2.05) is 0 Å². The summed E-state index contributed by atoms with van der Waals surface area (Å²) < 4.78 is 12.9. The van der Waals surface area contributed by atoms with Crippen LogP contribution in [0.1, 0.15) is 29.6 Å². The average Bonchev–Trinajstić information content (AvgIpc) is 2.72. The van der Waals surface area contributed by atoms with Gasteiger partial charge in [0.15, 0.2) is 0 Å². The van der Waals surface area contributed by atoms with E-state index in [0.717, 1.165) is 19.3 Å². The van der Waals surface area contributed by atoms with Gasteiger partial charge in [-0.25, -0.2) is 4.39 Å². The highest BCUT2D eigenvalue weighted by Gasteiger charge is 2.23. The molecule has 0 bridgehead atoms. The molecule has 4 heteroatoms. The Morgan fingerprint density at radius 1 is 1.47 bits per heavy atom. The third-order valence-corrected chi connectivity index (χ3v) is 3.15. The minimum absolute atomic E-state index is 0.230. The minimum Gasteiger partial charge on any atom is -0.393 e. The van der Waals surface area contributed by atoms with Crippen LogP contribution in [0.5, 0.6) is 0 Å². The fourth-order valence-corrected chi connectivity index (χ4v) is 2.20. The van der Waals surface area contributed by atoms with Gasteiger partial charge in [0, 0.05) is 12.1 Å². The SMILES string of the molecule is O=C(NCC1CCC(O)C1)c1cccc(F)c1. The van der Waals surface area contributed by atoms with Crippen LogP contribution in [0.3, 0.4) is 0 Å². The Morgan fingerprint density at radius 2 is 2.29 bits per heavy atom. The summed E-state index contributed by atoms with van der Waals surface area (Å²) in [5.74, 6) is -0.331. The maximum Gasteiger partial charge on any atom is 0.251 e. The van der Waals surface area contributed by atoms with Crippen LogP contribution in [0.4, 0.5) is 4.39 Å². The summed E-state index contributed by atoms with van der Waals surface area (Å²) in [5, 5.41) is 12.1. The number of carbonyl (C=O) groups excluding carboxylic acids is 1. The topological polar surface area (TPSA) is 49.3 Å². The Balaban J connectivity index is 1.85. The van der Waals surface area contributed by atoms with Crippen LogP contribution in [0.15, 0.2) is 24.3 Å². The highest BCUT2D eigenvalue weighted by Crippen LogP contribution is 2.24. The molecule has 1 aliphatic carbocycles. The van der Waals surface area contributed by atoms with Crippen molar-refractivity contribution in [2.75, 3.05) is 6.54 Å². The van der Waals surface area contributed by atoms with E-state index in [1.165, 1.54) is 18.2 Å². The molecule has 0 aliphatic heterocycles. The van der Waals surface area contributed by atoms with E-state index in [1.54, 1.807) is 6.07 Å². The first-order valence-corrected chi connectivity index (χ1v) is 5.87. The van der Waals surface area contributed by atoms with Crippen molar-refractivity contribution < 1.29 is 14.3 Å². The van der Waals surface area contributed by atoms with E-state index in [9.17, 15) is 14.3 Å². The number of hydrogen-bond acceptors (Lipinski definition) is 2. The Kier molecular flexibility index (Phi) is 3.74. The van der Waals surface area contributed by atoms with Gasteiger partial charge in [-0.15, -0.1) is 0 Å². The molecule has 1 fully saturated rings. The molecular weight excluding hydrogens is 221 g/mol. The number of hydrogen-bond donors (Lipinski definition) is 2. The van der Waals surface area contributed by atoms with Crippen LogP contribution < -0.4 is 5.32 Å². The van der Waals surface area contributed by atoms with E-state index < -0.39 is 5.82 Å². The molecule has 0 heterocycles. The molecule has 1 saturated carbocycles. The second-order valence-corrected chi connectivity index (χ2v) is 4.55. The summed E-state index contributed by atoms with van der Waals surface area (Å²) in [4.78, 5) is 11.7. The smallest absolute Gasteiger partial charge is 0.251 e. The van der Waals surface area contributed by atoms with Crippen molar-refractivity contribution in [3.8, 4) is 0 Å². The fraction of sp³-hybridized carbons (Fsp3) is 0.462. The monoisotopic (exact) mass is 237 g/mol. The van der Waals surface area contributed by atoms with Gasteiger partial charge in [-0.2, -0.15) is 0 Å². The van der Waals surface area contributed by atoms with E-state index in [4.69, 9.17) is 0 Å². The molecule has 17 heavy (non-hydrogen) atoms. The van der Waals surface area contributed by atoms with Crippen molar-refractivity contribution in [3.05, 3.63) is 35.6 Å². The Labute approximate surface area is 99.7 Å². The average molecular weight is 237 g/mol. The Hall–Kier alpha value is -1.42. The third kappa shape index (κ3) is 3.27. The Morgan fingerprint density at radius 3 is 2.94 bits per heavy atom. The quantitative estimate of drug-likeness (QED) is 0.841. The number of benzene rings is 1. The molecule has 2 rings (SSSR count). The summed E-state index contributed by atoms with van der Waals surface area (Å²) in [6.07, 6.45) is 2.25. The van der Waals surface area contributed by atoms with Crippen molar-refractivity contribution in [1.29, 1.82) is 0 Å². The zero-order valence-electron chi connectivity index (χ0n) is 9.53. The highest BCUT2D eigenvalue weighted by molar-refractivity contribution is 5.94. The van der Waals surface area contributed by atoms with Crippen molar-refractivity contribution in [3.63, 3.8) is 0 Å². The fourth-order valence-electron chi connectivity index (χ4n) is 2.20. The molecule has 1 aliphatic rings. The lowest BCUT2D eigenvalue weighted by Crippen LogP contribution is -2.28. The van der Waals surface area contributed by atoms with Gasteiger partial charge in [-0.05, 0) is 43.4 Å². The zero-order valence-corrected chi connectivity index (χ0v) is 9.53. The number of amides is 1. The predicted molar refractivity (Wildman–Crippen MR) is 62.1 cm³/mol. The van der Waals surface area contributed by atoms with Gasteiger partial charge >= 0.3 is 0 Å². The maximum absolute atomic E-state index is 12.9. The number of nitrogens with one attached hydrogen (secondary N) is 1. The van der Waals surface area contributed by atoms with Gasteiger partial charge in [0.2, 0.25) is 0 Å². The minimum atomic E-state index is -0.408. The molecular formula is C13H16FNO2. The lowest BCUT2D eigenvalue weighted by molar-refractivity contribution is 0.0944. The van der Waals surface area contributed by atoms with Crippen LogP contribution in [0.2, 0.25) is 0 Å². The van der Waals surface area contributed by atoms with Gasteiger partial charge in [-0.3, -0.25) is 4.79 Å². The molecule has 1 aromatic rings. The lowest BCUT2D eigenvalue weighted by atomic mass is 10.1. The zero-order chi connectivity index (χ0) is 12.3. The molecule has 0 aromatic heterocycles. The number of halogens is 1. The predicted octanol–water partition coefficient (Wildman–Crippen LogP) is 1.72. The van der Waals surface area contributed by atoms with Crippen molar-refractivity contribution >= 4 is 5.91 Å². The Bertz CT molecular complexity index is 408. The first kappa shape index (κ1) is 12.0. The summed E-state index contributed by atoms with van der Waals surface area (Å²) in [6, 6.07) is 5.63. The molecule has 92 valence electrons. The molecule has 2 atom stereocenters. The van der Waals surface area contributed by atoms with Crippen molar-refractivity contribution in [2.24, 2.45) is 5.92 Å². The number of carbonyl (C=O) groups is 1. The van der Waals surface area contributed by atoms with Gasteiger partial charge in [0.05, 0.1) is 6.10 Å². The second-order valence-electron chi connectivity index (χ2n) is 4.55. The van der Waals surface area contributed by atoms with Gasteiger partial charge < -0.3 is 10.4 Å². The van der Waals surface area contributed by atoms with E-state index >= 15 is 0 Å². The largest absolute Gasteiger partial charge is 0.393 e. The van der Waals surface area contributed by atoms with Gasteiger partial charge in [0.25, 0.3) is 5.91 Å². The van der Waals surface area contributed by atoms with Crippen LogP contribution in [-0.2, 0) is 0 Å². The first-order valence-electron chi connectivity index (χ1n) is 5.87. The third-order valence-electron chi connectivity index (χ3n) is 3.15. The number of rotatable bonds is 3. The molecule has 1 aromatic carbocycles. The summed E-state index contributed by atoms with van der Waals surface area (Å²) in [5.41, 5.74) is 0.337. The van der Waals surface area contributed by atoms with Gasteiger partial charge in [-0.1, -0.05) is 6.07 Å². The highest BCUT2D eigenvalue weighted by atomic mass is 19.1. The van der Waals surface area contributed by atoms with Crippen LogP contribution in [0, 0.1) is 11.7 Å². The van der Waals surface area contributed by atoms with Crippen LogP contribution in [0.25, 0.3) is 0 Å². The standard InChI is InChI=1S/C13H16FNO2/c14-11-3-1-2-10(7-11)13(17)15-8-9-4-5-12(16)6-9/h1-3,7,9,12,16H,4-6,8H2,(H,15,17). The molecule has 2 N–H and O–H groups in total. The molecule has 3 nitrogen and oxygen atoms in total. The molecule has 0 saturated heterocycles. The van der Waals surface area contributed by atoms with Crippen molar-refractivity contribution in [1.82, 2.24) is 5.32 Å². The first-order chi connectivity index (χ1) is 8.15. The van der Waals surface area contributed by atoms with E-state index in [2.05, 4.69) is 5.32 Å². The van der Waals surface area contributed by atoms with E-state index in [-0.39, 0.29) is 12.0 Å².